The van der Waals surface area contributed by atoms with E-state index in [1.54, 1.807) is 32.9 Å². The Hall–Kier alpha value is -4.59. The van der Waals surface area contributed by atoms with Gasteiger partial charge < -0.3 is 40.1 Å². The zero-order chi connectivity index (χ0) is 34.1. The highest BCUT2D eigenvalue weighted by Gasteiger charge is 2.34. The number of allylic oxidation sites excluding steroid dienone is 4. The zero-order valence-corrected chi connectivity index (χ0v) is 26.7. The van der Waals surface area contributed by atoms with Crippen LogP contribution in [0.4, 0.5) is 4.79 Å². The molecule has 3 amide bonds. The van der Waals surface area contributed by atoms with Crippen LogP contribution in [0, 0.1) is 11.8 Å². The number of aliphatic hydroxyl groups excluding tert-OH is 1. The molecule has 0 saturated heterocycles. The largest absolute Gasteiger partial charge is 0.459 e. The van der Waals surface area contributed by atoms with Gasteiger partial charge in [-0.3, -0.25) is 19.2 Å². The fourth-order valence-electron chi connectivity index (χ4n) is 5.30. The van der Waals surface area contributed by atoms with Crippen LogP contribution in [0.25, 0.3) is 0 Å². The summed E-state index contributed by atoms with van der Waals surface area (Å²) in [6, 6.07) is 2.92. The van der Waals surface area contributed by atoms with Crippen molar-refractivity contribution in [1.82, 2.24) is 10.6 Å². The first kappa shape index (κ1) is 35.9. The zero-order valence-electron chi connectivity index (χ0n) is 26.7. The van der Waals surface area contributed by atoms with Gasteiger partial charge in [0.2, 0.25) is 11.6 Å². The second kappa shape index (κ2) is 16.1. The number of nitrogens with two attached hydrogens (primary N) is 1. The van der Waals surface area contributed by atoms with Crippen LogP contribution in [0.2, 0.25) is 0 Å². The molecule has 1 aliphatic heterocycles. The van der Waals surface area contributed by atoms with Crippen molar-refractivity contribution in [3.63, 3.8) is 0 Å². The third-order valence-electron chi connectivity index (χ3n) is 7.78. The van der Waals surface area contributed by atoms with Gasteiger partial charge in [-0.2, -0.15) is 0 Å². The Labute approximate surface area is 267 Å². The molecule has 0 unspecified atom stereocenters. The van der Waals surface area contributed by atoms with Crippen LogP contribution < -0.4 is 16.4 Å². The number of fused-ring (bicyclic) bond motifs is 2. The van der Waals surface area contributed by atoms with E-state index in [0.29, 0.717) is 5.57 Å². The smallest absolute Gasteiger partial charge is 0.405 e. The van der Waals surface area contributed by atoms with E-state index in [0.717, 1.165) is 6.08 Å². The van der Waals surface area contributed by atoms with Crippen LogP contribution in [-0.2, 0) is 28.6 Å². The maximum absolute atomic E-state index is 13.7. The topological polar surface area (TPSA) is 196 Å². The minimum atomic E-state index is -1.04. The summed E-state index contributed by atoms with van der Waals surface area (Å²) in [5.41, 5.74) is 5.57. The Kier molecular flexibility index (Phi) is 12.6. The Balaban J connectivity index is 2.09. The van der Waals surface area contributed by atoms with Crippen LogP contribution in [-0.4, -0.2) is 73.2 Å². The van der Waals surface area contributed by atoms with E-state index in [-0.39, 0.29) is 47.1 Å². The monoisotopic (exact) mass is 639 g/mol. The van der Waals surface area contributed by atoms with Crippen LogP contribution in [0.15, 0.2) is 81.3 Å². The third kappa shape index (κ3) is 8.99. The van der Waals surface area contributed by atoms with Crippen LogP contribution in [0.5, 0.6) is 0 Å². The molecule has 0 aromatic carbocycles. The number of hydrogen-bond acceptors (Lipinski definition) is 10. The molecule has 1 aromatic heterocycles. The van der Waals surface area contributed by atoms with Crippen molar-refractivity contribution < 1.29 is 47.7 Å². The van der Waals surface area contributed by atoms with E-state index in [2.05, 4.69) is 10.6 Å². The highest BCUT2D eigenvalue weighted by molar-refractivity contribution is 6.24. The number of Topliss-reactive ketones (excluding diaryl/α,β-unsaturated/α-hetero) is 1. The molecule has 0 saturated carbocycles. The van der Waals surface area contributed by atoms with Crippen LogP contribution >= 0.6 is 0 Å². The molecule has 5 N–H and O–H groups in total. The summed E-state index contributed by atoms with van der Waals surface area (Å²) in [5, 5.41) is 16.3. The normalized spacial score (nSPS) is 29.9. The molecule has 2 heterocycles. The number of carbonyl (C=O) groups excluding carboxylic acids is 5. The summed E-state index contributed by atoms with van der Waals surface area (Å²) in [4.78, 5) is 64.7. The van der Waals surface area contributed by atoms with Gasteiger partial charge in [-0.25, -0.2) is 4.79 Å². The van der Waals surface area contributed by atoms with Gasteiger partial charge >= 0.3 is 6.09 Å². The number of methoxy groups -OCH3 is 2. The predicted molar refractivity (Wildman–Crippen MR) is 166 cm³/mol. The van der Waals surface area contributed by atoms with Crippen molar-refractivity contribution in [2.45, 2.75) is 65.0 Å². The molecule has 2 aliphatic rings. The highest BCUT2D eigenvalue weighted by Crippen LogP contribution is 2.29. The number of rotatable bonds is 5. The first-order valence-corrected chi connectivity index (χ1v) is 14.7. The molecule has 6 atom stereocenters. The van der Waals surface area contributed by atoms with Gasteiger partial charge in [0, 0.05) is 37.4 Å². The molecule has 1 aliphatic carbocycles. The average molecular weight is 640 g/mol. The fourth-order valence-corrected chi connectivity index (χ4v) is 5.30. The van der Waals surface area contributed by atoms with E-state index < -0.39 is 59.8 Å². The van der Waals surface area contributed by atoms with Crippen molar-refractivity contribution >= 4 is 29.5 Å². The van der Waals surface area contributed by atoms with Gasteiger partial charge in [0.15, 0.2) is 11.9 Å². The maximum Gasteiger partial charge on any atom is 0.405 e. The minimum absolute atomic E-state index is 0.00296. The van der Waals surface area contributed by atoms with Crippen molar-refractivity contribution in [2.75, 3.05) is 14.2 Å². The van der Waals surface area contributed by atoms with Gasteiger partial charge in [0.25, 0.3) is 11.8 Å². The average Bonchev–Trinajstić information content (AvgIpc) is 3.55. The Morgan fingerprint density at radius 2 is 1.85 bits per heavy atom. The maximum atomic E-state index is 13.7. The molecular formula is C33H41N3O10. The van der Waals surface area contributed by atoms with E-state index in [1.165, 1.54) is 51.7 Å². The second-order valence-electron chi connectivity index (χ2n) is 11.4. The Morgan fingerprint density at radius 3 is 2.46 bits per heavy atom. The summed E-state index contributed by atoms with van der Waals surface area (Å²) >= 11 is 0. The van der Waals surface area contributed by atoms with Gasteiger partial charge in [-0.1, -0.05) is 38.2 Å². The number of ketones is 2. The molecular weight excluding hydrogens is 598 g/mol. The van der Waals surface area contributed by atoms with Crippen LogP contribution in [0.3, 0.4) is 0 Å². The lowest BCUT2D eigenvalue weighted by atomic mass is 9.85. The molecule has 0 spiro atoms. The van der Waals surface area contributed by atoms with Crippen molar-refractivity contribution in [2.24, 2.45) is 17.6 Å². The molecule has 13 heteroatoms. The van der Waals surface area contributed by atoms with E-state index in [1.807, 2.05) is 0 Å². The Morgan fingerprint density at radius 1 is 1.13 bits per heavy atom. The highest BCUT2D eigenvalue weighted by atomic mass is 16.6. The van der Waals surface area contributed by atoms with E-state index in [9.17, 15) is 29.1 Å². The number of amides is 3. The van der Waals surface area contributed by atoms with Gasteiger partial charge in [-0.15, -0.1) is 0 Å². The Bertz CT molecular complexity index is 1480. The summed E-state index contributed by atoms with van der Waals surface area (Å²) in [6.45, 7) is 6.78. The molecule has 2 bridgehead atoms. The van der Waals surface area contributed by atoms with E-state index in [4.69, 9.17) is 24.4 Å². The quantitative estimate of drug-likeness (QED) is 0.275. The van der Waals surface area contributed by atoms with Crippen molar-refractivity contribution in [3.05, 3.63) is 82.6 Å². The number of carbonyl (C=O) groups is 5. The number of furan rings is 1. The standard InChI is InChI=1S/C33H41N3O10/c1-17-13-21-27(36-32(41)25-11-8-12-45-25)23(37)16-22(29(21)39)35-31(40)18(2)9-7-10-24(43-5)30(46-33(34)42)20(4)15-19(3)28(38)26(14-17)44-6/h7-12,15-17,19,24,26,28,30,38H,13-14H2,1-6H3,(H2,34,42)(H,35,40)(H,36,41)/b10-7-,18-9-,20-15-/t17-,19+,24-,26-,28+,30-/m1/s1. The molecule has 0 fully saturated rings. The number of ether oxygens (including phenoxy) is 3. The number of aliphatic hydroxyl groups is 1. The lowest BCUT2D eigenvalue weighted by Crippen LogP contribution is -2.38. The molecule has 1 aromatic rings. The number of nitrogens with one attached hydrogen (secondary N) is 2. The summed E-state index contributed by atoms with van der Waals surface area (Å²) in [6.07, 6.45) is 4.21. The SMILES string of the molecule is CO[C@@H]1/C=C\C=C(\C)C(=O)NC2=CC(=O)C(NC(=O)c3ccco3)=C(C[C@@H](C)C[C@@H](OC)[C@@H](O)[C@@H](C)/C=C(/C)[C@H]1OC(N)=O)C2=O. The van der Waals surface area contributed by atoms with Gasteiger partial charge in [0.1, 0.15) is 6.10 Å². The van der Waals surface area contributed by atoms with Crippen molar-refractivity contribution in [3.8, 4) is 0 Å². The number of primary amides is 1. The molecule has 46 heavy (non-hydrogen) atoms. The first-order valence-electron chi connectivity index (χ1n) is 14.7. The minimum Gasteiger partial charge on any atom is -0.459 e. The van der Waals surface area contributed by atoms with Gasteiger partial charge in [-0.05, 0) is 50.3 Å². The predicted octanol–water partition coefficient (Wildman–Crippen LogP) is 2.79. The molecule has 13 nitrogen and oxygen atoms in total. The first-order chi connectivity index (χ1) is 21.8. The lowest BCUT2D eigenvalue weighted by Gasteiger charge is -2.30. The third-order valence-corrected chi connectivity index (χ3v) is 7.78. The van der Waals surface area contributed by atoms with Crippen LogP contribution in [0.1, 0.15) is 51.1 Å². The molecule has 248 valence electrons. The van der Waals surface area contributed by atoms with E-state index >= 15 is 0 Å². The second-order valence-corrected chi connectivity index (χ2v) is 11.4. The van der Waals surface area contributed by atoms with Crippen molar-refractivity contribution in [1.29, 1.82) is 0 Å². The molecule has 0 radical (unpaired) electrons. The number of hydrogen-bond donors (Lipinski definition) is 4. The lowest BCUT2D eigenvalue weighted by molar-refractivity contribution is -0.120. The summed E-state index contributed by atoms with van der Waals surface area (Å²) < 4.78 is 21.7. The summed E-state index contributed by atoms with van der Waals surface area (Å²) in [7, 11) is 2.85. The fraction of sp³-hybridized carbons (Fsp3) is 0.424. The molecule has 3 rings (SSSR count). The summed E-state index contributed by atoms with van der Waals surface area (Å²) in [5.74, 6) is -3.64. The van der Waals surface area contributed by atoms with Gasteiger partial charge in [0.05, 0.1) is 29.9 Å².